The van der Waals surface area contributed by atoms with Crippen molar-refractivity contribution in [1.82, 2.24) is 19.3 Å². The summed E-state index contributed by atoms with van der Waals surface area (Å²) in [4.78, 5) is 0. The average molecular weight is 412 g/mol. The number of nitrogens with zero attached hydrogens (tertiary/aromatic N) is 4. The van der Waals surface area contributed by atoms with Crippen LogP contribution in [0.3, 0.4) is 0 Å². The molecule has 4 heteroatoms. The summed E-state index contributed by atoms with van der Waals surface area (Å²) in [5, 5.41) is 12.6. The molecule has 0 bridgehead atoms. The second kappa shape index (κ2) is 6.66. The van der Waals surface area contributed by atoms with Crippen LogP contribution >= 0.6 is 0 Å². The molecular formula is C28H20N4. The van der Waals surface area contributed by atoms with Gasteiger partial charge in [-0.1, -0.05) is 48.6 Å². The highest BCUT2D eigenvalue weighted by atomic mass is 15.2. The van der Waals surface area contributed by atoms with Crippen LogP contribution in [0.5, 0.6) is 0 Å². The van der Waals surface area contributed by atoms with Gasteiger partial charge in [0.05, 0.1) is 22.7 Å². The Labute approximate surface area is 185 Å². The summed E-state index contributed by atoms with van der Waals surface area (Å²) in [6.45, 7) is 0. The zero-order chi connectivity index (χ0) is 21.1. The summed E-state index contributed by atoms with van der Waals surface area (Å²) in [6, 6.07) is 25.9. The third-order valence-electron chi connectivity index (χ3n) is 6.57. The van der Waals surface area contributed by atoms with Crippen molar-refractivity contribution in [2.24, 2.45) is 0 Å². The number of fused-ring (bicyclic) bond motifs is 6. The molecule has 6 aromatic rings. The Bertz CT molecular complexity index is 1670. The van der Waals surface area contributed by atoms with Crippen LogP contribution in [0.25, 0.3) is 50.3 Å². The molecule has 0 saturated heterocycles. The Morgan fingerprint density at radius 3 is 2.50 bits per heavy atom. The van der Waals surface area contributed by atoms with Gasteiger partial charge in [0.2, 0.25) is 0 Å². The van der Waals surface area contributed by atoms with E-state index in [1.807, 2.05) is 6.20 Å². The number of para-hydroxylation sites is 2. The molecule has 1 aliphatic carbocycles. The van der Waals surface area contributed by atoms with Crippen molar-refractivity contribution in [3.63, 3.8) is 0 Å². The highest BCUT2D eigenvalue weighted by Crippen LogP contribution is 2.38. The van der Waals surface area contributed by atoms with Gasteiger partial charge < -0.3 is 4.57 Å². The number of aromatic nitrogens is 4. The lowest BCUT2D eigenvalue weighted by Crippen LogP contribution is -2.06. The normalized spacial score (nSPS) is 13.2. The molecule has 1 aliphatic rings. The molecule has 32 heavy (non-hydrogen) atoms. The average Bonchev–Trinajstić information content (AvgIpc) is 3.43. The maximum absolute atomic E-state index is 4.54. The molecule has 0 radical (unpaired) electrons. The summed E-state index contributed by atoms with van der Waals surface area (Å²) < 4.78 is 4.54. The molecule has 152 valence electrons. The van der Waals surface area contributed by atoms with E-state index in [-0.39, 0.29) is 0 Å². The van der Waals surface area contributed by atoms with Crippen LogP contribution in [0.2, 0.25) is 0 Å². The zero-order valence-electron chi connectivity index (χ0n) is 17.4. The van der Waals surface area contributed by atoms with Crippen molar-refractivity contribution in [1.29, 1.82) is 0 Å². The highest BCUT2D eigenvalue weighted by molar-refractivity contribution is 6.21. The molecule has 0 saturated carbocycles. The first-order valence-electron chi connectivity index (χ1n) is 11.0. The minimum atomic E-state index is 0.902. The fourth-order valence-corrected chi connectivity index (χ4v) is 5.14. The smallest absolute Gasteiger partial charge is 0.167 e. The van der Waals surface area contributed by atoms with E-state index in [9.17, 15) is 0 Å². The number of hydrogen-bond acceptors (Lipinski definition) is 2. The number of benzene rings is 3. The van der Waals surface area contributed by atoms with Crippen molar-refractivity contribution in [3.8, 4) is 11.5 Å². The van der Waals surface area contributed by atoms with Gasteiger partial charge in [-0.15, -0.1) is 5.10 Å². The van der Waals surface area contributed by atoms with Crippen molar-refractivity contribution < 1.29 is 0 Å². The lowest BCUT2D eigenvalue weighted by Gasteiger charge is -2.14. The predicted molar refractivity (Wildman–Crippen MR) is 131 cm³/mol. The van der Waals surface area contributed by atoms with Crippen LogP contribution in [0.1, 0.15) is 17.5 Å². The second-order valence-electron chi connectivity index (χ2n) is 8.31. The molecule has 3 heterocycles. The Balaban J connectivity index is 1.57. The van der Waals surface area contributed by atoms with Crippen LogP contribution < -0.4 is 0 Å². The van der Waals surface area contributed by atoms with Crippen molar-refractivity contribution in [2.45, 2.75) is 12.8 Å². The van der Waals surface area contributed by atoms with E-state index in [4.69, 9.17) is 0 Å². The van der Waals surface area contributed by atoms with E-state index in [2.05, 4.69) is 110 Å². The summed E-state index contributed by atoms with van der Waals surface area (Å²) in [5.41, 5.74) is 7.19. The van der Waals surface area contributed by atoms with E-state index in [0.717, 1.165) is 24.2 Å². The molecule has 0 amide bonds. The van der Waals surface area contributed by atoms with E-state index in [0.29, 0.717) is 0 Å². The summed E-state index contributed by atoms with van der Waals surface area (Å²) in [6.07, 6.45) is 10.5. The van der Waals surface area contributed by atoms with Crippen LogP contribution in [0.15, 0.2) is 91.3 Å². The summed E-state index contributed by atoms with van der Waals surface area (Å²) in [7, 11) is 0. The predicted octanol–water partition coefficient (Wildman–Crippen LogP) is 6.48. The molecule has 0 spiro atoms. The van der Waals surface area contributed by atoms with Gasteiger partial charge in [-0.3, -0.25) is 4.57 Å². The number of rotatable bonds is 2. The summed E-state index contributed by atoms with van der Waals surface area (Å²) >= 11 is 0. The van der Waals surface area contributed by atoms with Crippen molar-refractivity contribution >= 4 is 38.8 Å². The third-order valence-corrected chi connectivity index (χ3v) is 6.57. The van der Waals surface area contributed by atoms with E-state index >= 15 is 0 Å². The molecule has 4 nitrogen and oxygen atoms in total. The number of hydrogen-bond donors (Lipinski definition) is 0. The topological polar surface area (TPSA) is 35.6 Å². The van der Waals surface area contributed by atoms with E-state index in [1.54, 1.807) is 0 Å². The quantitative estimate of drug-likeness (QED) is 0.326. The standard InChI is InChI=1S/C28H20N4/c1-2-9-20(10-3-1)32-25-13-7-6-12-22(25)27-23-16-17-31(24(23)14-15-26(27)32)28-21-11-5-4-8-19(21)18-29-30-28/h1-3,5-7,9-18H,4,8H2. The first-order chi connectivity index (χ1) is 15.9. The number of allylic oxidation sites excluding steroid dienone is 1. The molecule has 3 aromatic heterocycles. The first kappa shape index (κ1) is 17.5. The van der Waals surface area contributed by atoms with Crippen LogP contribution in [-0.4, -0.2) is 19.3 Å². The van der Waals surface area contributed by atoms with Gasteiger partial charge in [0.25, 0.3) is 0 Å². The molecule has 0 N–H and O–H groups in total. The van der Waals surface area contributed by atoms with Crippen molar-refractivity contribution in [2.75, 3.05) is 0 Å². The largest absolute Gasteiger partial charge is 0.309 e. The van der Waals surface area contributed by atoms with Gasteiger partial charge >= 0.3 is 0 Å². The lowest BCUT2D eigenvalue weighted by atomic mass is 10.00. The Morgan fingerprint density at radius 2 is 1.56 bits per heavy atom. The molecule has 0 atom stereocenters. The highest BCUT2D eigenvalue weighted by Gasteiger charge is 2.18. The first-order valence-corrected chi connectivity index (χ1v) is 11.0. The van der Waals surface area contributed by atoms with Crippen molar-refractivity contribution in [3.05, 3.63) is 102 Å². The molecule has 0 unspecified atom stereocenters. The SMILES string of the molecule is C1=Cc2c(cnnc2-n2ccc3c4c5ccccc5n(-c5ccccc5)c4ccc32)CC1. The molecule has 7 rings (SSSR count). The van der Waals surface area contributed by atoms with Gasteiger partial charge in [-0.25, -0.2) is 0 Å². The van der Waals surface area contributed by atoms with E-state index in [1.165, 1.54) is 44.0 Å². The fraction of sp³-hybridized carbons (Fsp3) is 0.0714. The fourth-order valence-electron chi connectivity index (χ4n) is 5.14. The molecule has 0 aliphatic heterocycles. The second-order valence-corrected chi connectivity index (χ2v) is 8.31. The van der Waals surface area contributed by atoms with Crippen LogP contribution in [0, 0.1) is 0 Å². The van der Waals surface area contributed by atoms with Gasteiger partial charge in [-0.2, -0.15) is 5.10 Å². The maximum atomic E-state index is 4.54. The molecular weight excluding hydrogens is 392 g/mol. The Hall–Kier alpha value is -4.18. The number of aryl methyl sites for hydroxylation is 1. The van der Waals surface area contributed by atoms with Gasteiger partial charge in [-0.05, 0) is 54.8 Å². The monoisotopic (exact) mass is 412 g/mol. The maximum Gasteiger partial charge on any atom is 0.167 e. The Kier molecular flexibility index (Phi) is 3.64. The zero-order valence-corrected chi connectivity index (χ0v) is 17.4. The van der Waals surface area contributed by atoms with Crippen LogP contribution in [-0.2, 0) is 6.42 Å². The van der Waals surface area contributed by atoms with Gasteiger partial charge in [0.15, 0.2) is 5.82 Å². The Morgan fingerprint density at radius 1 is 0.750 bits per heavy atom. The molecule has 0 fully saturated rings. The van der Waals surface area contributed by atoms with Crippen LogP contribution in [0.4, 0.5) is 0 Å². The van der Waals surface area contributed by atoms with E-state index < -0.39 is 0 Å². The minimum Gasteiger partial charge on any atom is -0.309 e. The third kappa shape index (κ3) is 2.38. The molecule has 3 aromatic carbocycles. The summed E-state index contributed by atoms with van der Waals surface area (Å²) in [5.74, 6) is 0.902. The van der Waals surface area contributed by atoms with Gasteiger partial charge in [0, 0.05) is 33.6 Å². The lowest BCUT2D eigenvalue weighted by molar-refractivity contribution is 0.880. The minimum absolute atomic E-state index is 0.902. The van der Waals surface area contributed by atoms with Gasteiger partial charge in [0.1, 0.15) is 0 Å².